The summed E-state index contributed by atoms with van der Waals surface area (Å²) in [5.74, 6) is 0. The van der Waals surface area contributed by atoms with E-state index >= 15 is 0 Å². The molecule has 1 atom stereocenters. The Labute approximate surface area is 55.6 Å². The number of methoxy groups -OCH3 is 1. The lowest BCUT2D eigenvalue weighted by molar-refractivity contribution is -0.165. The van der Waals surface area contributed by atoms with Crippen LogP contribution in [0.25, 0.3) is 0 Å². The molecule has 0 aromatic rings. The summed E-state index contributed by atoms with van der Waals surface area (Å²) in [5.41, 5.74) is 0. The van der Waals surface area contributed by atoms with Gasteiger partial charge in [-0.15, -0.1) is 0 Å². The molecule has 0 rings (SSSR count). The molecule has 0 aliphatic carbocycles. The number of hydrogen-bond acceptors (Lipinski definition) is 3. The first-order chi connectivity index (χ1) is 4.20. The van der Waals surface area contributed by atoms with Crippen LogP contribution in [0.1, 0.15) is 13.8 Å². The van der Waals surface area contributed by atoms with Crippen molar-refractivity contribution in [1.29, 1.82) is 0 Å². The highest BCUT2D eigenvalue weighted by atomic mass is 16.7. The molecule has 0 spiro atoms. The van der Waals surface area contributed by atoms with Gasteiger partial charge >= 0.3 is 0 Å². The molecule has 0 fully saturated rings. The quantitative estimate of drug-likeness (QED) is 0.565. The Morgan fingerprint density at radius 3 is 2.11 bits per heavy atom. The lowest BCUT2D eigenvalue weighted by atomic mass is 10.5. The van der Waals surface area contributed by atoms with E-state index in [1.54, 1.807) is 0 Å². The van der Waals surface area contributed by atoms with Crippen molar-refractivity contribution in [3.05, 3.63) is 0 Å². The Morgan fingerprint density at radius 2 is 2.00 bits per heavy atom. The summed E-state index contributed by atoms with van der Waals surface area (Å²) in [6, 6.07) is 0. The summed E-state index contributed by atoms with van der Waals surface area (Å²) in [7, 11) is 1.50. The van der Waals surface area contributed by atoms with Gasteiger partial charge in [-0.1, -0.05) is 0 Å². The van der Waals surface area contributed by atoms with Crippen molar-refractivity contribution in [2.24, 2.45) is 0 Å². The van der Waals surface area contributed by atoms with Crippen LogP contribution in [0.2, 0.25) is 0 Å². The third-order valence-corrected chi connectivity index (χ3v) is 0.836. The molecule has 56 valence electrons. The van der Waals surface area contributed by atoms with Crippen LogP contribution >= 0.6 is 0 Å². The van der Waals surface area contributed by atoms with E-state index in [-0.39, 0.29) is 12.7 Å². The first kappa shape index (κ1) is 8.88. The van der Waals surface area contributed by atoms with Gasteiger partial charge in [0.15, 0.2) is 6.29 Å². The fourth-order valence-corrected chi connectivity index (χ4v) is 0.477. The van der Waals surface area contributed by atoms with Crippen LogP contribution in [0.4, 0.5) is 0 Å². The number of rotatable bonds is 4. The second kappa shape index (κ2) is 4.73. The summed E-state index contributed by atoms with van der Waals surface area (Å²) in [6.07, 6.45) is -0.368. The van der Waals surface area contributed by atoms with Crippen molar-refractivity contribution in [2.75, 3.05) is 13.7 Å². The molecule has 9 heavy (non-hydrogen) atoms. The minimum atomic E-state index is -0.468. The van der Waals surface area contributed by atoms with E-state index in [0.29, 0.717) is 0 Å². The fraction of sp³-hybridized carbons (Fsp3) is 1.00. The van der Waals surface area contributed by atoms with Crippen LogP contribution in [0.3, 0.4) is 0 Å². The second-order valence-corrected chi connectivity index (χ2v) is 2.03. The second-order valence-electron chi connectivity index (χ2n) is 2.03. The molecule has 0 aliphatic rings. The summed E-state index contributed by atoms with van der Waals surface area (Å²) in [6.45, 7) is 3.69. The molecule has 0 aromatic carbocycles. The zero-order valence-corrected chi connectivity index (χ0v) is 6.13. The molecule has 0 saturated heterocycles. The summed E-state index contributed by atoms with van der Waals surface area (Å²) in [4.78, 5) is 0. The minimum Gasteiger partial charge on any atom is -0.391 e. The van der Waals surface area contributed by atoms with Gasteiger partial charge < -0.3 is 14.6 Å². The van der Waals surface area contributed by atoms with Crippen molar-refractivity contribution in [3.8, 4) is 0 Å². The first-order valence-electron chi connectivity index (χ1n) is 2.99. The van der Waals surface area contributed by atoms with Crippen molar-refractivity contribution < 1.29 is 14.6 Å². The van der Waals surface area contributed by atoms with Crippen LogP contribution in [0.15, 0.2) is 0 Å². The fourth-order valence-electron chi connectivity index (χ4n) is 0.477. The van der Waals surface area contributed by atoms with Crippen LogP contribution in [0.5, 0.6) is 0 Å². The molecule has 0 bridgehead atoms. The van der Waals surface area contributed by atoms with Gasteiger partial charge in [-0.05, 0) is 13.8 Å². The Bertz CT molecular complexity index is 59.3. The average Bonchev–Trinajstić information content (AvgIpc) is 1.82. The Balaban J connectivity index is 3.31. The molecule has 0 saturated carbocycles. The predicted molar refractivity (Wildman–Crippen MR) is 34.1 cm³/mol. The van der Waals surface area contributed by atoms with Crippen LogP contribution in [-0.2, 0) is 9.47 Å². The van der Waals surface area contributed by atoms with Crippen LogP contribution in [-0.4, -0.2) is 31.2 Å². The normalized spacial score (nSPS) is 14.3. The van der Waals surface area contributed by atoms with Crippen molar-refractivity contribution in [3.63, 3.8) is 0 Å². The zero-order valence-electron chi connectivity index (χ0n) is 6.13. The van der Waals surface area contributed by atoms with Crippen molar-refractivity contribution >= 4 is 0 Å². The standard InChI is InChI=1S/C6H14O3/c1-5(2)9-6(4-7)8-3/h5-7H,4H2,1-3H3. The number of aliphatic hydroxyl groups excluding tert-OH is 1. The lowest BCUT2D eigenvalue weighted by Crippen LogP contribution is -2.23. The molecule has 0 heterocycles. The van der Waals surface area contributed by atoms with E-state index in [9.17, 15) is 0 Å². The number of hydrogen-bond donors (Lipinski definition) is 1. The van der Waals surface area contributed by atoms with Gasteiger partial charge in [0.05, 0.1) is 12.7 Å². The maximum Gasteiger partial charge on any atom is 0.180 e. The molecule has 3 heteroatoms. The van der Waals surface area contributed by atoms with E-state index in [0.717, 1.165) is 0 Å². The molecule has 1 unspecified atom stereocenters. The van der Waals surface area contributed by atoms with Crippen molar-refractivity contribution in [2.45, 2.75) is 26.2 Å². The third kappa shape index (κ3) is 4.39. The molecule has 3 nitrogen and oxygen atoms in total. The Hall–Kier alpha value is -0.120. The topological polar surface area (TPSA) is 38.7 Å². The van der Waals surface area contributed by atoms with E-state index in [1.165, 1.54) is 7.11 Å². The van der Waals surface area contributed by atoms with E-state index in [2.05, 4.69) is 0 Å². The van der Waals surface area contributed by atoms with E-state index in [4.69, 9.17) is 14.6 Å². The molecular weight excluding hydrogens is 120 g/mol. The molecule has 0 aliphatic heterocycles. The first-order valence-corrected chi connectivity index (χ1v) is 2.99. The Morgan fingerprint density at radius 1 is 1.44 bits per heavy atom. The zero-order chi connectivity index (χ0) is 7.28. The van der Waals surface area contributed by atoms with Gasteiger partial charge in [-0.3, -0.25) is 0 Å². The summed E-state index contributed by atoms with van der Waals surface area (Å²) in [5, 5.41) is 8.52. The van der Waals surface area contributed by atoms with Gasteiger partial charge in [0.25, 0.3) is 0 Å². The highest BCUT2D eigenvalue weighted by Gasteiger charge is 2.05. The predicted octanol–water partition coefficient (Wildman–Crippen LogP) is 0.376. The van der Waals surface area contributed by atoms with Gasteiger partial charge in [0.2, 0.25) is 0 Å². The lowest BCUT2D eigenvalue weighted by Gasteiger charge is -2.15. The van der Waals surface area contributed by atoms with Gasteiger partial charge in [0, 0.05) is 7.11 Å². The minimum absolute atomic E-state index is 0.0886. The SMILES string of the molecule is COC(CO)OC(C)C. The highest BCUT2D eigenvalue weighted by Crippen LogP contribution is 1.96. The molecule has 1 N–H and O–H groups in total. The maximum atomic E-state index is 8.52. The number of aliphatic hydroxyl groups is 1. The van der Waals surface area contributed by atoms with E-state index < -0.39 is 6.29 Å². The summed E-state index contributed by atoms with van der Waals surface area (Å²) < 4.78 is 9.81. The van der Waals surface area contributed by atoms with Crippen LogP contribution in [0, 0.1) is 0 Å². The Kier molecular flexibility index (Phi) is 4.67. The van der Waals surface area contributed by atoms with Crippen LogP contribution < -0.4 is 0 Å². The smallest absolute Gasteiger partial charge is 0.180 e. The third-order valence-electron chi connectivity index (χ3n) is 0.836. The molecule has 0 aromatic heterocycles. The maximum absolute atomic E-state index is 8.52. The van der Waals surface area contributed by atoms with Crippen molar-refractivity contribution in [1.82, 2.24) is 0 Å². The van der Waals surface area contributed by atoms with Gasteiger partial charge in [-0.25, -0.2) is 0 Å². The summed E-state index contributed by atoms with van der Waals surface area (Å²) >= 11 is 0. The monoisotopic (exact) mass is 134 g/mol. The van der Waals surface area contributed by atoms with Gasteiger partial charge in [0.1, 0.15) is 0 Å². The van der Waals surface area contributed by atoms with Gasteiger partial charge in [-0.2, -0.15) is 0 Å². The number of ether oxygens (including phenoxy) is 2. The highest BCUT2D eigenvalue weighted by molar-refractivity contribution is 4.41. The van der Waals surface area contributed by atoms with E-state index in [1.807, 2.05) is 13.8 Å². The molecule has 0 radical (unpaired) electrons. The molecule has 0 amide bonds. The average molecular weight is 134 g/mol. The largest absolute Gasteiger partial charge is 0.391 e. The molecular formula is C6H14O3.